The van der Waals surface area contributed by atoms with Crippen molar-refractivity contribution in [3.63, 3.8) is 0 Å². The lowest BCUT2D eigenvalue weighted by Crippen LogP contribution is -2.32. The van der Waals surface area contributed by atoms with Crippen LogP contribution in [-0.4, -0.2) is 33.0 Å². The second kappa shape index (κ2) is 6.12. The fourth-order valence-electron chi connectivity index (χ4n) is 1.83. The molecule has 0 saturated carbocycles. The van der Waals surface area contributed by atoms with Gasteiger partial charge in [0.15, 0.2) is 11.5 Å². The zero-order valence-corrected chi connectivity index (χ0v) is 12.2. The van der Waals surface area contributed by atoms with Crippen LogP contribution >= 0.6 is 0 Å². The van der Waals surface area contributed by atoms with Crippen LogP contribution in [-0.2, 0) is 0 Å². The van der Waals surface area contributed by atoms with Gasteiger partial charge in [0.2, 0.25) is 5.75 Å². The van der Waals surface area contributed by atoms with Crippen molar-refractivity contribution in [3.8, 4) is 17.2 Å². The smallest absolute Gasteiger partial charge is 0.203 e. The van der Waals surface area contributed by atoms with E-state index < -0.39 is 5.41 Å². The highest BCUT2D eigenvalue weighted by Gasteiger charge is 2.28. The molecule has 0 bridgehead atoms. The van der Waals surface area contributed by atoms with Crippen LogP contribution in [0.15, 0.2) is 12.1 Å². The topological polar surface area (TPSA) is 73.9 Å². The number of methoxy groups -OCH3 is 3. The number of aliphatic hydroxyl groups excluding tert-OH is 1. The Kier molecular flexibility index (Phi) is 5.03. The summed E-state index contributed by atoms with van der Waals surface area (Å²) in [6, 6.07) is 3.28. The molecule has 5 heteroatoms. The van der Waals surface area contributed by atoms with Crippen molar-refractivity contribution in [2.45, 2.75) is 19.9 Å². The van der Waals surface area contributed by atoms with Gasteiger partial charge in [-0.1, -0.05) is 13.8 Å². The van der Waals surface area contributed by atoms with Crippen molar-refractivity contribution >= 4 is 0 Å². The Bertz CT molecular complexity index is 406. The van der Waals surface area contributed by atoms with Gasteiger partial charge in [0.1, 0.15) is 0 Å². The van der Waals surface area contributed by atoms with Gasteiger partial charge in [-0.3, -0.25) is 0 Å². The molecule has 1 rings (SSSR count). The quantitative estimate of drug-likeness (QED) is 0.822. The lowest BCUT2D eigenvalue weighted by Gasteiger charge is -2.30. The molecule has 1 aromatic rings. The van der Waals surface area contributed by atoms with Crippen LogP contribution in [0.4, 0.5) is 0 Å². The third-order valence-electron chi connectivity index (χ3n) is 3.30. The maximum Gasteiger partial charge on any atom is 0.203 e. The van der Waals surface area contributed by atoms with Crippen LogP contribution in [0.1, 0.15) is 25.5 Å². The molecule has 19 heavy (non-hydrogen) atoms. The predicted molar refractivity (Wildman–Crippen MR) is 73.9 cm³/mol. The summed E-state index contributed by atoms with van der Waals surface area (Å²) in [5.41, 5.74) is 6.60. The average molecular weight is 269 g/mol. The Morgan fingerprint density at radius 1 is 1.11 bits per heavy atom. The van der Waals surface area contributed by atoms with E-state index in [2.05, 4.69) is 0 Å². The number of hydrogen-bond acceptors (Lipinski definition) is 5. The standard InChI is InChI=1S/C14H23NO4/c1-14(2,8-16)13(15)9-6-10(17-3)12(19-5)11(7-9)18-4/h6-7,13,16H,8,15H2,1-5H3/t13-/m0/s1. The molecule has 0 fully saturated rings. The maximum atomic E-state index is 9.41. The van der Waals surface area contributed by atoms with Gasteiger partial charge in [-0.2, -0.15) is 0 Å². The Labute approximate surface area is 114 Å². The normalized spacial score (nSPS) is 13.0. The maximum absolute atomic E-state index is 9.41. The van der Waals surface area contributed by atoms with E-state index in [-0.39, 0.29) is 12.6 Å². The Morgan fingerprint density at radius 2 is 1.58 bits per heavy atom. The highest BCUT2D eigenvalue weighted by Crippen LogP contribution is 2.42. The molecule has 1 atom stereocenters. The fraction of sp³-hybridized carbons (Fsp3) is 0.571. The monoisotopic (exact) mass is 269 g/mol. The van der Waals surface area contributed by atoms with E-state index in [1.165, 1.54) is 0 Å². The van der Waals surface area contributed by atoms with E-state index in [9.17, 15) is 5.11 Å². The molecule has 0 spiro atoms. The molecule has 0 heterocycles. The molecule has 3 N–H and O–H groups in total. The van der Waals surface area contributed by atoms with Crippen LogP contribution in [0.5, 0.6) is 17.2 Å². The molecule has 0 amide bonds. The summed E-state index contributed by atoms with van der Waals surface area (Å²) in [7, 11) is 4.67. The molecule has 0 aliphatic heterocycles. The third-order valence-corrected chi connectivity index (χ3v) is 3.30. The summed E-state index contributed by atoms with van der Waals surface area (Å²) in [6.45, 7) is 3.80. The van der Waals surface area contributed by atoms with Gasteiger partial charge in [0, 0.05) is 18.1 Å². The molecule has 0 aliphatic carbocycles. The fourth-order valence-corrected chi connectivity index (χ4v) is 1.83. The van der Waals surface area contributed by atoms with E-state index in [0.29, 0.717) is 17.2 Å². The van der Waals surface area contributed by atoms with Crippen LogP contribution in [0.2, 0.25) is 0 Å². The molecular formula is C14H23NO4. The molecular weight excluding hydrogens is 246 g/mol. The van der Waals surface area contributed by atoms with Gasteiger partial charge < -0.3 is 25.1 Å². The summed E-state index contributed by atoms with van der Waals surface area (Å²) >= 11 is 0. The molecule has 0 aliphatic rings. The molecule has 108 valence electrons. The number of ether oxygens (including phenoxy) is 3. The minimum Gasteiger partial charge on any atom is -0.493 e. The van der Waals surface area contributed by atoms with Gasteiger partial charge in [-0.25, -0.2) is 0 Å². The van der Waals surface area contributed by atoms with E-state index in [4.69, 9.17) is 19.9 Å². The summed E-state index contributed by atoms with van der Waals surface area (Å²) in [4.78, 5) is 0. The second-order valence-corrected chi connectivity index (χ2v) is 5.08. The SMILES string of the molecule is COc1cc([C@H](N)C(C)(C)CO)cc(OC)c1OC. The Balaban J connectivity index is 3.30. The summed E-state index contributed by atoms with van der Waals surface area (Å²) in [5, 5.41) is 9.41. The largest absolute Gasteiger partial charge is 0.493 e. The van der Waals surface area contributed by atoms with E-state index >= 15 is 0 Å². The predicted octanol–water partition coefficient (Wildman–Crippen LogP) is 1.73. The number of aliphatic hydroxyl groups is 1. The van der Waals surface area contributed by atoms with E-state index in [1.807, 2.05) is 26.0 Å². The van der Waals surface area contributed by atoms with Crippen molar-refractivity contribution in [3.05, 3.63) is 17.7 Å². The number of hydrogen-bond donors (Lipinski definition) is 2. The van der Waals surface area contributed by atoms with Crippen LogP contribution < -0.4 is 19.9 Å². The van der Waals surface area contributed by atoms with E-state index in [1.54, 1.807) is 21.3 Å². The average Bonchev–Trinajstić information content (AvgIpc) is 2.44. The van der Waals surface area contributed by atoms with Crippen molar-refractivity contribution < 1.29 is 19.3 Å². The minimum atomic E-state index is -0.440. The molecule has 0 aromatic heterocycles. The van der Waals surface area contributed by atoms with Crippen molar-refractivity contribution in [1.29, 1.82) is 0 Å². The lowest BCUT2D eigenvalue weighted by molar-refractivity contribution is 0.132. The van der Waals surface area contributed by atoms with Crippen LogP contribution in [0.3, 0.4) is 0 Å². The first-order valence-electron chi connectivity index (χ1n) is 6.07. The highest BCUT2D eigenvalue weighted by atomic mass is 16.5. The van der Waals surface area contributed by atoms with Gasteiger partial charge in [0.05, 0.1) is 21.3 Å². The van der Waals surface area contributed by atoms with Gasteiger partial charge in [0.25, 0.3) is 0 Å². The number of nitrogens with two attached hydrogens (primary N) is 1. The van der Waals surface area contributed by atoms with Gasteiger partial charge in [-0.15, -0.1) is 0 Å². The first kappa shape index (κ1) is 15.6. The highest BCUT2D eigenvalue weighted by molar-refractivity contribution is 5.54. The van der Waals surface area contributed by atoms with Gasteiger partial charge in [-0.05, 0) is 17.7 Å². The van der Waals surface area contributed by atoms with Crippen molar-refractivity contribution in [2.24, 2.45) is 11.1 Å². The zero-order chi connectivity index (χ0) is 14.6. The van der Waals surface area contributed by atoms with Crippen LogP contribution in [0, 0.1) is 5.41 Å². The summed E-state index contributed by atoms with van der Waals surface area (Å²) < 4.78 is 15.9. The first-order valence-corrected chi connectivity index (χ1v) is 6.07. The van der Waals surface area contributed by atoms with Crippen LogP contribution in [0.25, 0.3) is 0 Å². The third kappa shape index (κ3) is 3.11. The first-order chi connectivity index (χ1) is 8.91. The second-order valence-electron chi connectivity index (χ2n) is 5.08. The van der Waals surface area contributed by atoms with Gasteiger partial charge >= 0.3 is 0 Å². The lowest BCUT2D eigenvalue weighted by atomic mass is 9.81. The Hall–Kier alpha value is -1.46. The zero-order valence-electron chi connectivity index (χ0n) is 12.2. The van der Waals surface area contributed by atoms with Crippen molar-refractivity contribution in [1.82, 2.24) is 0 Å². The summed E-state index contributed by atoms with van der Waals surface area (Å²) in [6.07, 6.45) is 0. The molecule has 1 aromatic carbocycles. The van der Waals surface area contributed by atoms with E-state index in [0.717, 1.165) is 5.56 Å². The molecule has 0 unspecified atom stereocenters. The summed E-state index contributed by atoms with van der Waals surface area (Å²) in [5.74, 6) is 1.64. The Morgan fingerprint density at radius 3 is 1.89 bits per heavy atom. The molecule has 0 saturated heterocycles. The number of rotatable bonds is 6. The van der Waals surface area contributed by atoms with Crippen molar-refractivity contribution in [2.75, 3.05) is 27.9 Å². The molecule has 5 nitrogen and oxygen atoms in total. The number of benzene rings is 1. The minimum absolute atomic E-state index is 0.00910. The molecule has 0 radical (unpaired) electrons.